The summed E-state index contributed by atoms with van der Waals surface area (Å²) in [6, 6.07) is 0. The average molecular weight is 286 g/mol. The number of carbonyl (C=O) groups is 2. The smallest absolute Gasteiger partial charge is 0.408 e. The summed E-state index contributed by atoms with van der Waals surface area (Å²) in [7, 11) is 0. The second-order valence-corrected chi connectivity index (χ2v) is 6.17. The molecule has 0 aromatic heterocycles. The minimum Gasteiger partial charge on any atom is -0.479 e. The van der Waals surface area contributed by atoms with Crippen LogP contribution in [0.1, 0.15) is 47.0 Å². The number of rotatable bonds is 3. The Hall–Kier alpha value is -1.79. The Bertz CT molecular complexity index is 427. The van der Waals surface area contributed by atoms with Crippen LogP contribution in [0.5, 0.6) is 0 Å². The van der Waals surface area contributed by atoms with E-state index in [2.05, 4.69) is 10.5 Å². The Balaban J connectivity index is 2.93. The maximum atomic E-state index is 11.8. The van der Waals surface area contributed by atoms with E-state index in [1.165, 1.54) is 6.92 Å². The van der Waals surface area contributed by atoms with Gasteiger partial charge >= 0.3 is 12.1 Å². The Morgan fingerprint density at radius 1 is 1.35 bits per heavy atom. The molecule has 0 aliphatic heterocycles. The number of carboxylic acid groups (broad SMARTS) is 1. The van der Waals surface area contributed by atoms with Crippen LogP contribution in [-0.2, 0) is 9.53 Å². The first-order valence-corrected chi connectivity index (χ1v) is 6.55. The van der Waals surface area contributed by atoms with E-state index in [4.69, 9.17) is 9.94 Å². The quantitative estimate of drug-likeness (QED) is 0.543. The Labute approximate surface area is 118 Å². The monoisotopic (exact) mass is 286 g/mol. The molecule has 1 amide bonds. The highest BCUT2D eigenvalue weighted by Gasteiger charge is 2.48. The van der Waals surface area contributed by atoms with Crippen LogP contribution in [-0.4, -0.2) is 39.2 Å². The highest BCUT2D eigenvalue weighted by molar-refractivity contribution is 5.96. The zero-order chi connectivity index (χ0) is 15.6. The number of alkyl carbamates (subject to hydrolysis) is 1. The van der Waals surface area contributed by atoms with Crippen LogP contribution in [0.2, 0.25) is 0 Å². The van der Waals surface area contributed by atoms with Gasteiger partial charge in [0.15, 0.2) is 0 Å². The molecule has 20 heavy (non-hydrogen) atoms. The van der Waals surface area contributed by atoms with Gasteiger partial charge in [-0.1, -0.05) is 5.16 Å². The lowest BCUT2D eigenvalue weighted by Crippen LogP contribution is -2.59. The van der Waals surface area contributed by atoms with Crippen molar-refractivity contribution < 1.29 is 24.6 Å². The summed E-state index contributed by atoms with van der Waals surface area (Å²) in [6.45, 7) is 6.49. The summed E-state index contributed by atoms with van der Waals surface area (Å²) in [5.41, 5.74) is -1.88. The lowest BCUT2D eigenvalue weighted by atomic mass is 9.83. The van der Waals surface area contributed by atoms with Crippen LogP contribution in [0.25, 0.3) is 0 Å². The molecular formula is C13H22N2O5. The number of nitrogens with one attached hydrogen (secondary N) is 1. The van der Waals surface area contributed by atoms with Crippen LogP contribution in [0.4, 0.5) is 4.79 Å². The van der Waals surface area contributed by atoms with Crippen molar-refractivity contribution in [2.24, 2.45) is 11.1 Å². The number of nitrogens with zero attached hydrogens (tertiary/aromatic N) is 1. The number of carboxylic acids is 1. The number of oxime groups is 1. The molecule has 0 spiro atoms. The molecule has 2 unspecified atom stereocenters. The maximum absolute atomic E-state index is 11.8. The second-order valence-electron chi connectivity index (χ2n) is 6.17. The lowest BCUT2D eigenvalue weighted by Gasteiger charge is -2.33. The summed E-state index contributed by atoms with van der Waals surface area (Å²) in [4.78, 5) is 23.4. The van der Waals surface area contributed by atoms with E-state index in [-0.39, 0.29) is 0 Å². The summed E-state index contributed by atoms with van der Waals surface area (Å²) < 4.78 is 5.10. The topological polar surface area (TPSA) is 108 Å². The summed E-state index contributed by atoms with van der Waals surface area (Å²) in [6.07, 6.45) is 0.993. The first-order valence-electron chi connectivity index (χ1n) is 6.55. The molecule has 0 aromatic rings. The van der Waals surface area contributed by atoms with Crippen LogP contribution in [0.3, 0.4) is 0 Å². The van der Waals surface area contributed by atoms with Crippen LogP contribution < -0.4 is 5.32 Å². The predicted octanol–water partition coefficient (Wildman–Crippen LogP) is 1.98. The highest BCUT2D eigenvalue weighted by atomic mass is 16.6. The van der Waals surface area contributed by atoms with Crippen molar-refractivity contribution >= 4 is 17.8 Å². The van der Waals surface area contributed by atoms with Crippen LogP contribution in [0.15, 0.2) is 5.16 Å². The second kappa shape index (κ2) is 5.68. The molecule has 1 rings (SSSR count). The zero-order valence-electron chi connectivity index (χ0n) is 12.3. The summed E-state index contributed by atoms with van der Waals surface area (Å²) >= 11 is 0. The number of hydrogen-bond donors (Lipinski definition) is 3. The lowest BCUT2D eigenvalue weighted by molar-refractivity contribution is -0.145. The van der Waals surface area contributed by atoms with E-state index >= 15 is 0 Å². The maximum Gasteiger partial charge on any atom is 0.408 e. The van der Waals surface area contributed by atoms with E-state index in [1.54, 1.807) is 20.8 Å². The third-order valence-corrected chi connectivity index (χ3v) is 3.36. The first kappa shape index (κ1) is 16.3. The number of aliphatic carboxylic acids is 1. The van der Waals surface area contributed by atoms with E-state index in [0.717, 1.165) is 6.42 Å². The van der Waals surface area contributed by atoms with Gasteiger partial charge in [0.2, 0.25) is 0 Å². The van der Waals surface area contributed by atoms with Crippen molar-refractivity contribution in [1.82, 2.24) is 5.32 Å². The minimum absolute atomic E-state index is 0.394. The van der Waals surface area contributed by atoms with Crippen molar-refractivity contribution in [1.29, 1.82) is 0 Å². The molecule has 0 bridgehead atoms. The molecule has 3 N–H and O–H groups in total. The molecule has 1 aliphatic carbocycles. The van der Waals surface area contributed by atoms with Gasteiger partial charge in [-0.15, -0.1) is 0 Å². The zero-order valence-corrected chi connectivity index (χ0v) is 12.3. The molecule has 0 aromatic carbocycles. The van der Waals surface area contributed by atoms with E-state index in [1.807, 2.05) is 0 Å². The minimum atomic E-state index is -1.56. The van der Waals surface area contributed by atoms with Crippen LogP contribution in [0, 0.1) is 5.92 Å². The van der Waals surface area contributed by atoms with E-state index < -0.39 is 29.1 Å². The molecule has 2 atom stereocenters. The number of amides is 1. The molecule has 1 saturated carbocycles. The van der Waals surface area contributed by atoms with Gasteiger partial charge < -0.3 is 20.4 Å². The van der Waals surface area contributed by atoms with E-state index in [9.17, 15) is 14.7 Å². The van der Waals surface area contributed by atoms with Crippen molar-refractivity contribution in [3.05, 3.63) is 0 Å². The fourth-order valence-electron chi connectivity index (χ4n) is 2.37. The summed E-state index contributed by atoms with van der Waals surface area (Å²) in [5.74, 6) is -1.73. The largest absolute Gasteiger partial charge is 0.479 e. The van der Waals surface area contributed by atoms with Crippen LogP contribution >= 0.6 is 0 Å². The molecule has 0 heterocycles. The molecule has 0 saturated heterocycles. The normalized spacial score (nSPS) is 24.2. The molecule has 7 nitrogen and oxygen atoms in total. The van der Waals surface area contributed by atoms with Crippen molar-refractivity contribution in [2.75, 3.05) is 0 Å². The third kappa shape index (κ3) is 3.61. The third-order valence-electron chi connectivity index (χ3n) is 3.36. The van der Waals surface area contributed by atoms with Crippen molar-refractivity contribution in [3.8, 4) is 0 Å². The van der Waals surface area contributed by atoms with Gasteiger partial charge in [-0.3, -0.25) is 0 Å². The fourth-order valence-corrected chi connectivity index (χ4v) is 2.37. The predicted molar refractivity (Wildman–Crippen MR) is 72.0 cm³/mol. The summed E-state index contributed by atoms with van der Waals surface area (Å²) in [5, 5.41) is 24.0. The van der Waals surface area contributed by atoms with Gasteiger partial charge in [-0.05, 0) is 47.0 Å². The Morgan fingerprint density at radius 2 is 1.95 bits per heavy atom. The molecular weight excluding hydrogens is 264 g/mol. The Kier molecular flexibility index (Phi) is 4.62. The van der Waals surface area contributed by atoms with Gasteiger partial charge in [0.05, 0.1) is 5.71 Å². The fraction of sp³-hybridized carbons (Fsp3) is 0.769. The number of carbonyl (C=O) groups excluding carboxylic acids is 1. The van der Waals surface area contributed by atoms with Gasteiger partial charge in [0.25, 0.3) is 0 Å². The molecule has 0 radical (unpaired) electrons. The number of ether oxygens (including phenoxy) is 1. The average Bonchev–Trinajstić information content (AvgIpc) is 2.73. The molecule has 7 heteroatoms. The van der Waals surface area contributed by atoms with Gasteiger partial charge in [0, 0.05) is 5.92 Å². The highest BCUT2D eigenvalue weighted by Crippen LogP contribution is 2.32. The van der Waals surface area contributed by atoms with Gasteiger partial charge in [-0.25, -0.2) is 9.59 Å². The molecule has 1 fully saturated rings. The van der Waals surface area contributed by atoms with Crippen molar-refractivity contribution in [3.63, 3.8) is 0 Å². The standard InChI is InChI=1S/C13H22N2O5/c1-12(2,3)20-11(18)14-13(4,10(16)17)8-6-5-7-9(8)15-19/h8,19H,5-7H2,1-4H3,(H,14,18)(H,16,17)/b15-9+. The Morgan fingerprint density at radius 3 is 2.40 bits per heavy atom. The van der Waals surface area contributed by atoms with Crippen molar-refractivity contribution in [2.45, 2.75) is 58.1 Å². The van der Waals surface area contributed by atoms with E-state index in [0.29, 0.717) is 18.6 Å². The first-order chi connectivity index (χ1) is 9.10. The van der Waals surface area contributed by atoms with Gasteiger partial charge in [-0.2, -0.15) is 0 Å². The SMILES string of the molecule is CC(C)(C)OC(=O)NC(C)(C(=O)O)C1CCC/C1=N\O. The molecule has 1 aliphatic rings. The number of hydrogen-bond acceptors (Lipinski definition) is 5. The molecule has 114 valence electrons. The van der Waals surface area contributed by atoms with Gasteiger partial charge in [0.1, 0.15) is 11.1 Å².